The lowest BCUT2D eigenvalue weighted by Gasteiger charge is -2.33. The van der Waals surface area contributed by atoms with Crippen molar-refractivity contribution in [1.82, 2.24) is 0 Å². The molecule has 2 heteroatoms. The van der Waals surface area contributed by atoms with Crippen LogP contribution >= 0.6 is 22.7 Å². The largest absolute Gasteiger partial charge is 0.143 e. The number of hydrogen-bond donors (Lipinski definition) is 0. The Morgan fingerprint density at radius 1 is 0.221 bits per heavy atom. The van der Waals surface area contributed by atoms with Gasteiger partial charge in [0.2, 0.25) is 0 Å². The van der Waals surface area contributed by atoms with Crippen LogP contribution in [0.4, 0.5) is 0 Å². The van der Waals surface area contributed by atoms with Gasteiger partial charge in [-0.1, -0.05) is 387 Å². The molecule has 2 heterocycles. The number of benzene rings is 2. The van der Waals surface area contributed by atoms with Crippen LogP contribution in [0.5, 0.6) is 0 Å². The first-order chi connectivity index (χ1) is 42.6. The van der Waals surface area contributed by atoms with E-state index in [1.807, 2.05) is 0 Å². The van der Waals surface area contributed by atoms with E-state index in [0.717, 1.165) is 0 Å². The van der Waals surface area contributed by atoms with E-state index in [4.69, 9.17) is 0 Å². The summed E-state index contributed by atoms with van der Waals surface area (Å²) in [5.41, 5.74) is 10.3. The van der Waals surface area contributed by atoms with Crippen LogP contribution in [-0.4, -0.2) is 0 Å². The summed E-state index contributed by atoms with van der Waals surface area (Å²) in [6.07, 6.45) is 85.5. The summed E-state index contributed by atoms with van der Waals surface area (Å²) in [6.45, 7) is 9.33. The Hall–Kier alpha value is -1.90. The van der Waals surface area contributed by atoms with Crippen molar-refractivity contribution in [1.29, 1.82) is 0 Å². The summed E-state index contributed by atoms with van der Waals surface area (Å²) in [7, 11) is 0. The topological polar surface area (TPSA) is 0 Å². The van der Waals surface area contributed by atoms with Crippen molar-refractivity contribution < 1.29 is 0 Å². The van der Waals surface area contributed by atoms with E-state index in [2.05, 4.69) is 97.5 Å². The van der Waals surface area contributed by atoms with Gasteiger partial charge in [-0.3, -0.25) is 0 Å². The molecule has 0 amide bonds. The van der Waals surface area contributed by atoms with Gasteiger partial charge in [-0.05, 0) is 117 Å². The summed E-state index contributed by atoms with van der Waals surface area (Å²) >= 11 is 4.13. The van der Waals surface area contributed by atoms with E-state index < -0.39 is 0 Å². The zero-order chi connectivity index (χ0) is 60.3. The van der Waals surface area contributed by atoms with Crippen LogP contribution in [-0.2, 0) is 10.8 Å². The van der Waals surface area contributed by atoms with Gasteiger partial charge >= 0.3 is 0 Å². The van der Waals surface area contributed by atoms with Gasteiger partial charge in [0.25, 0.3) is 0 Å². The SMILES string of the molecule is CCCCCCCCCCCCCCCCC1(CCCCCCCCCCCCCCCC)c2cc3cc4c(cc3cc2-c2sccc21)C(CCCCCCCCCCCCCCCC)(CCCCCCCCCCCCCCCC)c1ccsc1-4. The van der Waals surface area contributed by atoms with Gasteiger partial charge in [0, 0.05) is 20.6 Å². The Morgan fingerprint density at radius 2 is 0.407 bits per heavy atom. The maximum Gasteiger partial charge on any atom is 0.0387 e. The summed E-state index contributed by atoms with van der Waals surface area (Å²) in [6, 6.07) is 16.3. The summed E-state index contributed by atoms with van der Waals surface area (Å²) in [5.74, 6) is 0. The molecule has 6 rings (SSSR count). The molecule has 0 nitrogen and oxygen atoms in total. The molecule has 0 bridgehead atoms. The molecular weight excluding hydrogens is 1070 g/mol. The fourth-order valence-electron chi connectivity index (χ4n) is 16.4. The third-order valence-electron chi connectivity index (χ3n) is 21.8. The van der Waals surface area contributed by atoms with Gasteiger partial charge in [-0.15, -0.1) is 22.7 Å². The molecule has 0 unspecified atom stereocenters. The highest BCUT2D eigenvalue weighted by molar-refractivity contribution is 7.14. The van der Waals surface area contributed by atoms with E-state index >= 15 is 0 Å². The normalized spacial score (nSPS) is 13.8. The predicted molar refractivity (Wildman–Crippen MR) is 392 cm³/mol. The maximum atomic E-state index is 2.79. The fourth-order valence-corrected chi connectivity index (χ4v) is 18.5. The smallest absolute Gasteiger partial charge is 0.0387 e. The fraction of sp³-hybridized carbons (Fsp3) is 0.786. The van der Waals surface area contributed by atoms with E-state index in [1.54, 1.807) is 43.1 Å². The van der Waals surface area contributed by atoms with E-state index in [0.29, 0.717) is 0 Å². The van der Waals surface area contributed by atoms with Gasteiger partial charge in [0.05, 0.1) is 0 Å². The maximum absolute atomic E-state index is 2.79. The first kappa shape index (κ1) is 73.2. The average Bonchev–Trinajstić information content (AvgIpc) is 2.94. The lowest BCUT2D eigenvalue weighted by atomic mass is 9.70. The zero-order valence-corrected chi connectivity index (χ0v) is 59.5. The first-order valence-electron chi connectivity index (χ1n) is 39.4. The van der Waals surface area contributed by atoms with Crippen LogP contribution in [0.25, 0.3) is 31.7 Å². The first-order valence-corrected chi connectivity index (χ1v) is 41.2. The molecule has 0 aliphatic heterocycles. The molecule has 0 saturated carbocycles. The van der Waals surface area contributed by atoms with Crippen molar-refractivity contribution in [2.75, 3.05) is 0 Å². The van der Waals surface area contributed by atoms with E-state index in [-0.39, 0.29) is 10.8 Å². The van der Waals surface area contributed by atoms with Crippen LogP contribution in [0, 0.1) is 0 Å². The highest BCUT2D eigenvalue weighted by atomic mass is 32.1. The van der Waals surface area contributed by atoms with Gasteiger partial charge in [-0.25, -0.2) is 0 Å². The second-order valence-electron chi connectivity index (χ2n) is 29.0. The predicted octanol–water partition coefficient (Wildman–Crippen LogP) is 31.0. The molecule has 2 aromatic heterocycles. The number of unbranched alkanes of at least 4 members (excludes halogenated alkanes) is 52. The Bertz CT molecular complexity index is 2030. The number of fused-ring (bicyclic) bond motifs is 7. The van der Waals surface area contributed by atoms with Gasteiger partial charge < -0.3 is 0 Å². The Morgan fingerprint density at radius 3 is 0.605 bits per heavy atom. The van der Waals surface area contributed by atoms with Gasteiger partial charge in [-0.2, -0.15) is 0 Å². The monoisotopic (exact) mass is 1210 g/mol. The van der Waals surface area contributed by atoms with Crippen molar-refractivity contribution in [3.05, 3.63) is 69.4 Å². The Labute approximate surface area is 544 Å². The van der Waals surface area contributed by atoms with Crippen LogP contribution < -0.4 is 0 Å². The molecular formula is C84H140S2. The number of rotatable bonds is 60. The highest BCUT2D eigenvalue weighted by Crippen LogP contribution is 2.60. The van der Waals surface area contributed by atoms with Gasteiger partial charge in [0.15, 0.2) is 0 Å². The molecule has 2 aliphatic carbocycles. The van der Waals surface area contributed by atoms with Crippen LogP contribution in [0.3, 0.4) is 0 Å². The van der Waals surface area contributed by atoms with Crippen molar-refractivity contribution >= 4 is 33.4 Å². The molecule has 0 radical (unpaired) electrons. The molecule has 488 valence electrons. The van der Waals surface area contributed by atoms with Gasteiger partial charge in [0.1, 0.15) is 0 Å². The molecule has 0 atom stereocenters. The number of thiophene rings is 2. The van der Waals surface area contributed by atoms with E-state index in [9.17, 15) is 0 Å². The summed E-state index contributed by atoms with van der Waals surface area (Å²) in [5, 5.41) is 7.99. The minimum atomic E-state index is 0.158. The van der Waals surface area contributed by atoms with Crippen LogP contribution in [0.1, 0.15) is 435 Å². The lowest BCUT2D eigenvalue weighted by molar-refractivity contribution is 0.397. The van der Waals surface area contributed by atoms with Crippen molar-refractivity contribution in [2.45, 2.75) is 424 Å². The molecule has 0 N–H and O–H groups in total. The zero-order valence-electron chi connectivity index (χ0n) is 57.9. The van der Waals surface area contributed by atoms with Crippen molar-refractivity contribution in [2.24, 2.45) is 0 Å². The quantitative estimate of drug-likeness (QED) is 0.0387. The van der Waals surface area contributed by atoms with Crippen molar-refractivity contribution in [3.63, 3.8) is 0 Å². The minimum absolute atomic E-state index is 0.158. The number of hydrogen-bond acceptors (Lipinski definition) is 2. The van der Waals surface area contributed by atoms with Crippen molar-refractivity contribution in [3.8, 4) is 20.9 Å². The summed E-state index contributed by atoms with van der Waals surface area (Å²) < 4.78 is 0. The highest BCUT2D eigenvalue weighted by Gasteiger charge is 2.46. The third kappa shape index (κ3) is 25.3. The molecule has 4 aromatic rings. The second kappa shape index (κ2) is 46.2. The van der Waals surface area contributed by atoms with Crippen LogP contribution in [0.2, 0.25) is 0 Å². The van der Waals surface area contributed by atoms with Crippen LogP contribution in [0.15, 0.2) is 47.2 Å². The molecule has 86 heavy (non-hydrogen) atoms. The third-order valence-corrected chi connectivity index (χ3v) is 23.7. The molecule has 2 aliphatic rings. The van der Waals surface area contributed by atoms with E-state index in [1.165, 1.54) is 396 Å². The Kier molecular flexibility index (Phi) is 39.3. The second-order valence-corrected chi connectivity index (χ2v) is 30.9. The minimum Gasteiger partial charge on any atom is -0.143 e. The molecule has 0 fully saturated rings. The Balaban J connectivity index is 1.12. The lowest BCUT2D eigenvalue weighted by Crippen LogP contribution is -2.25. The standard InChI is InChI=1S/C84H140S2/c1-5-9-13-17-21-25-29-33-37-41-45-49-53-57-63-83(64-58-54-50-46-42-38-34-30-26-22-18-14-10-6-2)77-61-67-85-81(77)75-69-74-72-80-76(70-73(74)71-79(75)83)82-78(62-68-86-82)84(80,65-59-55-51-47-43-39-35-31-27-23-19-15-11-7-3)66-60-56-52-48-44-40-36-32-28-24-20-16-12-8-4/h61-62,67-72H,5-60,63-66H2,1-4H3. The molecule has 0 spiro atoms. The molecule has 0 saturated heterocycles. The summed E-state index contributed by atoms with van der Waals surface area (Å²) in [4.78, 5) is 3.24. The average molecular weight is 1210 g/mol. The molecule has 2 aromatic carbocycles.